The number of hydrogen-bond acceptors (Lipinski definition) is 1. The summed E-state index contributed by atoms with van der Waals surface area (Å²) in [7, 11) is 0. The van der Waals surface area contributed by atoms with Crippen LogP contribution in [0.3, 0.4) is 0 Å². The largest absolute Gasteiger partial charge is 0.351 e. The molecule has 0 aliphatic rings. The summed E-state index contributed by atoms with van der Waals surface area (Å²) in [6.45, 7) is 4.68. The molecule has 0 aliphatic carbocycles. The highest BCUT2D eigenvalue weighted by atomic mass is 79.9. The maximum absolute atomic E-state index is 12.9. The number of carbonyl (C=O) groups excluding carboxylic acids is 1. The Hall–Kier alpha value is -0.420. The minimum Gasteiger partial charge on any atom is -0.351 e. The smallest absolute Gasteiger partial charge is 0.252 e. The normalized spacial score (nSPS) is 12.6. The molecule has 0 saturated heterocycles. The molecule has 0 bridgehead atoms. The standard InChI is InChI=1S/C12H14Br2FNO/c1-7(2)11(14)6-16-12(17)9-4-3-8(15)5-10(9)13/h3-5,7,11H,6H2,1-2H3,(H,16,17). The Labute approximate surface area is 117 Å². The van der Waals surface area contributed by atoms with Gasteiger partial charge in [0, 0.05) is 15.8 Å². The molecule has 1 atom stereocenters. The van der Waals surface area contributed by atoms with Gasteiger partial charge in [-0.25, -0.2) is 4.39 Å². The summed E-state index contributed by atoms with van der Waals surface area (Å²) in [5.74, 6) is -0.136. The van der Waals surface area contributed by atoms with Gasteiger partial charge in [0.05, 0.1) is 5.56 Å². The van der Waals surface area contributed by atoms with Crippen LogP contribution in [-0.2, 0) is 0 Å². The van der Waals surface area contributed by atoms with Crippen molar-refractivity contribution >= 4 is 37.8 Å². The van der Waals surface area contributed by atoms with E-state index in [4.69, 9.17) is 0 Å². The highest BCUT2D eigenvalue weighted by molar-refractivity contribution is 9.10. The molecule has 1 aromatic carbocycles. The molecule has 2 nitrogen and oxygen atoms in total. The molecule has 94 valence electrons. The number of nitrogens with one attached hydrogen (secondary N) is 1. The third kappa shape index (κ3) is 4.39. The second-order valence-electron chi connectivity index (χ2n) is 4.09. The van der Waals surface area contributed by atoms with Crippen molar-refractivity contribution in [3.63, 3.8) is 0 Å². The van der Waals surface area contributed by atoms with Crippen molar-refractivity contribution in [1.82, 2.24) is 5.32 Å². The van der Waals surface area contributed by atoms with Gasteiger partial charge >= 0.3 is 0 Å². The number of hydrogen-bond donors (Lipinski definition) is 1. The van der Waals surface area contributed by atoms with E-state index in [1.807, 2.05) is 0 Å². The van der Waals surface area contributed by atoms with E-state index in [0.717, 1.165) is 0 Å². The predicted molar refractivity (Wildman–Crippen MR) is 74.0 cm³/mol. The van der Waals surface area contributed by atoms with Crippen LogP contribution in [-0.4, -0.2) is 17.3 Å². The molecule has 1 N–H and O–H groups in total. The zero-order valence-corrected chi connectivity index (χ0v) is 12.8. The Morgan fingerprint density at radius 1 is 1.47 bits per heavy atom. The van der Waals surface area contributed by atoms with E-state index in [-0.39, 0.29) is 16.6 Å². The average Bonchev–Trinajstić information content (AvgIpc) is 2.25. The molecule has 0 spiro atoms. The number of amides is 1. The Morgan fingerprint density at radius 2 is 2.12 bits per heavy atom. The van der Waals surface area contributed by atoms with Crippen LogP contribution in [0.15, 0.2) is 22.7 Å². The molecule has 0 aliphatic heterocycles. The van der Waals surface area contributed by atoms with Crippen LogP contribution in [0.25, 0.3) is 0 Å². The molecule has 1 aromatic rings. The fraction of sp³-hybridized carbons (Fsp3) is 0.417. The van der Waals surface area contributed by atoms with Crippen LogP contribution in [0.5, 0.6) is 0 Å². The van der Waals surface area contributed by atoms with E-state index in [0.29, 0.717) is 22.5 Å². The number of benzene rings is 1. The van der Waals surface area contributed by atoms with Gasteiger partial charge < -0.3 is 5.32 Å². The second kappa shape index (κ2) is 6.50. The maximum Gasteiger partial charge on any atom is 0.252 e. The molecule has 0 saturated carbocycles. The Kier molecular flexibility index (Phi) is 5.59. The van der Waals surface area contributed by atoms with E-state index in [1.54, 1.807) is 0 Å². The second-order valence-corrected chi connectivity index (χ2v) is 6.12. The van der Waals surface area contributed by atoms with Crippen molar-refractivity contribution in [2.75, 3.05) is 6.54 Å². The third-order valence-electron chi connectivity index (χ3n) is 2.36. The van der Waals surface area contributed by atoms with Crippen molar-refractivity contribution in [2.45, 2.75) is 18.7 Å². The SMILES string of the molecule is CC(C)C(Br)CNC(=O)c1ccc(F)cc1Br. The maximum atomic E-state index is 12.9. The zero-order chi connectivity index (χ0) is 13.0. The number of carbonyl (C=O) groups is 1. The van der Waals surface area contributed by atoms with E-state index >= 15 is 0 Å². The van der Waals surface area contributed by atoms with Crippen molar-refractivity contribution in [1.29, 1.82) is 0 Å². The van der Waals surface area contributed by atoms with Gasteiger partial charge in [0.15, 0.2) is 0 Å². The van der Waals surface area contributed by atoms with E-state index in [2.05, 4.69) is 51.0 Å². The molecule has 0 aromatic heterocycles. The van der Waals surface area contributed by atoms with Crippen LogP contribution in [0.1, 0.15) is 24.2 Å². The van der Waals surface area contributed by atoms with E-state index < -0.39 is 0 Å². The summed E-state index contributed by atoms with van der Waals surface area (Å²) in [5, 5.41) is 2.80. The summed E-state index contributed by atoms with van der Waals surface area (Å²) >= 11 is 6.66. The fourth-order valence-corrected chi connectivity index (χ4v) is 1.89. The minimum absolute atomic E-state index is 0.207. The van der Waals surface area contributed by atoms with Crippen LogP contribution >= 0.6 is 31.9 Å². The Bertz CT molecular complexity index is 409. The first-order chi connectivity index (χ1) is 7.91. The number of alkyl halides is 1. The van der Waals surface area contributed by atoms with Gasteiger partial charge in [-0.1, -0.05) is 29.8 Å². The van der Waals surface area contributed by atoms with Gasteiger partial charge in [0.2, 0.25) is 0 Å². The number of rotatable bonds is 4. The van der Waals surface area contributed by atoms with Crippen molar-refractivity contribution in [3.8, 4) is 0 Å². The van der Waals surface area contributed by atoms with Gasteiger partial charge in [-0.3, -0.25) is 4.79 Å². The first-order valence-corrected chi connectivity index (χ1v) is 7.00. The van der Waals surface area contributed by atoms with Crippen LogP contribution in [0.2, 0.25) is 0 Å². The minimum atomic E-state index is -0.367. The summed E-state index contributed by atoms with van der Waals surface area (Å²) in [4.78, 5) is 12.0. The Balaban J connectivity index is 2.64. The molecular formula is C12H14Br2FNO. The third-order valence-corrected chi connectivity index (χ3v) is 4.39. The summed E-state index contributed by atoms with van der Waals surface area (Å²) in [6.07, 6.45) is 0. The Morgan fingerprint density at radius 3 is 2.65 bits per heavy atom. The molecular weight excluding hydrogens is 353 g/mol. The lowest BCUT2D eigenvalue weighted by Crippen LogP contribution is -2.31. The topological polar surface area (TPSA) is 29.1 Å². The highest BCUT2D eigenvalue weighted by Crippen LogP contribution is 2.18. The van der Waals surface area contributed by atoms with E-state index in [9.17, 15) is 9.18 Å². The summed E-state index contributed by atoms with van der Waals surface area (Å²) in [5.41, 5.74) is 0.440. The van der Waals surface area contributed by atoms with Crippen molar-refractivity contribution in [3.05, 3.63) is 34.1 Å². The quantitative estimate of drug-likeness (QED) is 0.808. The van der Waals surface area contributed by atoms with Crippen molar-refractivity contribution in [2.24, 2.45) is 5.92 Å². The van der Waals surface area contributed by atoms with Crippen molar-refractivity contribution < 1.29 is 9.18 Å². The van der Waals surface area contributed by atoms with Crippen LogP contribution in [0, 0.1) is 11.7 Å². The molecule has 0 radical (unpaired) electrons. The van der Waals surface area contributed by atoms with Gasteiger partial charge in [0.25, 0.3) is 5.91 Å². The summed E-state index contributed by atoms with van der Waals surface area (Å²) in [6, 6.07) is 4.02. The highest BCUT2D eigenvalue weighted by Gasteiger charge is 2.14. The average molecular weight is 367 g/mol. The lowest BCUT2D eigenvalue weighted by atomic mass is 10.1. The molecule has 1 unspecified atom stereocenters. The fourth-order valence-electron chi connectivity index (χ4n) is 1.19. The van der Waals surface area contributed by atoms with Gasteiger partial charge in [0.1, 0.15) is 5.82 Å². The lowest BCUT2D eigenvalue weighted by molar-refractivity contribution is 0.0952. The molecule has 0 fully saturated rings. The zero-order valence-electron chi connectivity index (χ0n) is 9.64. The van der Waals surface area contributed by atoms with Crippen LogP contribution < -0.4 is 5.32 Å². The molecule has 17 heavy (non-hydrogen) atoms. The monoisotopic (exact) mass is 365 g/mol. The first-order valence-electron chi connectivity index (χ1n) is 5.29. The summed E-state index contributed by atoms with van der Waals surface area (Å²) < 4.78 is 13.3. The molecule has 5 heteroatoms. The van der Waals surface area contributed by atoms with E-state index in [1.165, 1.54) is 18.2 Å². The predicted octanol–water partition coefficient (Wildman–Crippen LogP) is 3.74. The number of halogens is 3. The van der Waals surface area contributed by atoms with Gasteiger partial charge in [-0.15, -0.1) is 0 Å². The molecule has 0 heterocycles. The lowest BCUT2D eigenvalue weighted by Gasteiger charge is -2.14. The first kappa shape index (κ1) is 14.6. The molecule has 1 amide bonds. The molecule has 1 rings (SSSR count). The van der Waals surface area contributed by atoms with Crippen LogP contribution in [0.4, 0.5) is 4.39 Å². The van der Waals surface area contributed by atoms with Gasteiger partial charge in [-0.2, -0.15) is 0 Å². The van der Waals surface area contributed by atoms with Gasteiger partial charge in [-0.05, 0) is 40.0 Å².